The third kappa shape index (κ3) is 5.40. The third-order valence-electron chi connectivity index (χ3n) is 2.56. The van der Waals surface area contributed by atoms with Crippen molar-refractivity contribution in [3.63, 3.8) is 0 Å². The average molecular weight is 225 g/mol. The second-order valence-electron chi connectivity index (χ2n) is 4.42. The van der Waals surface area contributed by atoms with Gasteiger partial charge in [-0.1, -0.05) is 33.6 Å². The van der Waals surface area contributed by atoms with Gasteiger partial charge in [-0.3, -0.25) is 4.90 Å². The van der Waals surface area contributed by atoms with E-state index in [1.807, 2.05) is 6.92 Å². The normalized spacial score (nSPS) is 15.0. The number of halogens is 3. The summed E-state index contributed by atoms with van der Waals surface area (Å²) in [6.45, 7) is 5.81. The fourth-order valence-corrected chi connectivity index (χ4v) is 1.89. The van der Waals surface area contributed by atoms with Crippen molar-refractivity contribution < 1.29 is 13.2 Å². The largest absolute Gasteiger partial charge is 0.404 e. The molecule has 0 aliphatic rings. The van der Waals surface area contributed by atoms with E-state index in [0.717, 1.165) is 19.3 Å². The van der Waals surface area contributed by atoms with E-state index < -0.39 is 18.1 Å². The Bertz CT molecular complexity index is 166. The maximum atomic E-state index is 12.7. The molecule has 0 heterocycles. The molecule has 0 rings (SSSR count). The summed E-state index contributed by atoms with van der Waals surface area (Å²) in [5.41, 5.74) is 0. The highest BCUT2D eigenvalue weighted by Crippen LogP contribution is 2.29. The van der Waals surface area contributed by atoms with Crippen molar-refractivity contribution in [2.45, 2.75) is 52.3 Å². The molecule has 1 nitrogen and oxygen atoms in total. The fraction of sp³-hybridized carbons (Fsp3) is 1.00. The van der Waals surface area contributed by atoms with E-state index in [2.05, 4.69) is 0 Å². The molecule has 15 heavy (non-hydrogen) atoms. The average Bonchev–Trinajstić information content (AvgIpc) is 2.00. The molecule has 0 radical (unpaired) electrons. The van der Waals surface area contributed by atoms with Gasteiger partial charge in [0.1, 0.15) is 6.04 Å². The van der Waals surface area contributed by atoms with Crippen LogP contribution >= 0.6 is 0 Å². The monoisotopic (exact) mass is 225 g/mol. The van der Waals surface area contributed by atoms with E-state index >= 15 is 0 Å². The zero-order valence-electron chi connectivity index (χ0n) is 10.1. The molecule has 0 N–H and O–H groups in total. The van der Waals surface area contributed by atoms with Gasteiger partial charge in [0, 0.05) is 0 Å². The lowest BCUT2D eigenvalue weighted by atomic mass is 10.0. The minimum Gasteiger partial charge on any atom is -0.295 e. The lowest BCUT2D eigenvalue weighted by Crippen LogP contribution is -2.47. The van der Waals surface area contributed by atoms with Gasteiger partial charge in [-0.25, -0.2) is 0 Å². The Morgan fingerprint density at radius 2 is 1.67 bits per heavy atom. The van der Waals surface area contributed by atoms with Crippen LogP contribution in [-0.2, 0) is 0 Å². The lowest BCUT2D eigenvalue weighted by Gasteiger charge is -2.32. The zero-order valence-corrected chi connectivity index (χ0v) is 10.1. The number of alkyl halides is 3. The lowest BCUT2D eigenvalue weighted by molar-refractivity contribution is -0.191. The smallest absolute Gasteiger partial charge is 0.295 e. The van der Waals surface area contributed by atoms with Gasteiger partial charge in [0.05, 0.1) is 0 Å². The van der Waals surface area contributed by atoms with Gasteiger partial charge in [0.2, 0.25) is 0 Å². The van der Waals surface area contributed by atoms with Gasteiger partial charge in [0.15, 0.2) is 0 Å². The van der Waals surface area contributed by atoms with E-state index in [1.165, 1.54) is 4.90 Å². The van der Waals surface area contributed by atoms with Gasteiger partial charge >= 0.3 is 6.18 Å². The molecule has 0 unspecified atom stereocenters. The summed E-state index contributed by atoms with van der Waals surface area (Å²) in [6, 6.07) is -1.31. The highest BCUT2D eigenvalue weighted by atomic mass is 19.4. The fourth-order valence-electron chi connectivity index (χ4n) is 1.89. The second-order valence-corrected chi connectivity index (χ2v) is 4.42. The topological polar surface area (TPSA) is 3.24 Å². The van der Waals surface area contributed by atoms with Crippen molar-refractivity contribution in [2.75, 3.05) is 13.6 Å². The molecule has 0 aromatic carbocycles. The second kappa shape index (κ2) is 6.36. The number of unbranched alkanes of at least 4 members (excludes halogenated alkanes) is 2. The summed E-state index contributed by atoms with van der Waals surface area (Å²) in [7, 11) is 1.56. The van der Waals surface area contributed by atoms with E-state index in [9.17, 15) is 13.2 Å². The van der Waals surface area contributed by atoms with Crippen molar-refractivity contribution >= 4 is 0 Å². The molecule has 0 aliphatic heterocycles. The molecule has 0 spiro atoms. The highest BCUT2D eigenvalue weighted by molar-refractivity contribution is 4.79. The third-order valence-corrected chi connectivity index (χ3v) is 2.56. The number of hydrogen-bond donors (Lipinski definition) is 0. The zero-order chi connectivity index (χ0) is 12.1. The predicted molar refractivity (Wildman–Crippen MR) is 56.8 cm³/mol. The Balaban J connectivity index is 4.24. The van der Waals surface area contributed by atoms with E-state index in [0.29, 0.717) is 6.54 Å². The maximum Gasteiger partial charge on any atom is 0.404 e. The van der Waals surface area contributed by atoms with Gasteiger partial charge < -0.3 is 0 Å². The molecule has 0 saturated heterocycles. The van der Waals surface area contributed by atoms with Gasteiger partial charge in [-0.05, 0) is 25.9 Å². The van der Waals surface area contributed by atoms with Gasteiger partial charge in [-0.2, -0.15) is 13.2 Å². The first-order valence-electron chi connectivity index (χ1n) is 5.57. The molecule has 0 amide bonds. The van der Waals surface area contributed by atoms with E-state index in [1.54, 1.807) is 20.9 Å². The quantitative estimate of drug-likeness (QED) is 0.623. The molecule has 4 heteroatoms. The molecule has 92 valence electrons. The van der Waals surface area contributed by atoms with Crippen LogP contribution in [0, 0.1) is 5.92 Å². The Labute approximate surface area is 90.6 Å². The number of hydrogen-bond acceptors (Lipinski definition) is 1. The minimum atomic E-state index is -4.12. The molecule has 0 aromatic rings. The Morgan fingerprint density at radius 1 is 1.13 bits per heavy atom. The first kappa shape index (κ1) is 14.8. The van der Waals surface area contributed by atoms with Gasteiger partial charge in [-0.15, -0.1) is 0 Å². The van der Waals surface area contributed by atoms with Crippen LogP contribution < -0.4 is 0 Å². The summed E-state index contributed by atoms with van der Waals surface area (Å²) in [4.78, 5) is 1.43. The van der Waals surface area contributed by atoms with Crippen LogP contribution in [0.5, 0.6) is 0 Å². The number of nitrogens with zero attached hydrogens (tertiary/aromatic N) is 1. The Hall–Kier alpha value is -0.250. The van der Waals surface area contributed by atoms with Crippen LogP contribution in [0.15, 0.2) is 0 Å². The minimum absolute atomic E-state index is 0.392. The molecule has 0 bridgehead atoms. The maximum absolute atomic E-state index is 12.7. The van der Waals surface area contributed by atoms with Crippen molar-refractivity contribution in [1.82, 2.24) is 4.90 Å². The predicted octanol–water partition coefficient (Wildman–Crippen LogP) is 3.70. The van der Waals surface area contributed by atoms with Gasteiger partial charge in [0.25, 0.3) is 0 Å². The SMILES string of the molecule is CCCCCN(C)[C@H](C(C)C)C(F)(F)F. The molecular weight excluding hydrogens is 203 g/mol. The standard InChI is InChI=1S/C11H22F3N/c1-5-6-7-8-15(4)10(9(2)3)11(12,13)14/h9-10H,5-8H2,1-4H3/t10-/m1/s1. The van der Waals surface area contributed by atoms with Crippen molar-refractivity contribution in [1.29, 1.82) is 0 Å². The summed E-state index contributed by atoms with van der Waals surface area (Å²) < 4.78 is 38.1. The Kier molecular flexibility index (Phi) is 6.25. The van der Waals surface area contributed by atoms with Crippen molar-refractivity contribution in [3.05, 3.63) is 0 Å². The van der Waals surface area contributed by atoms with Crippen molar-refractivity contribution in [3.8, 4) is 0 Å². The molecule has 0 aromatic heterocycles. The molecule has 0 fully saturated rings. The van der Waals surface area contributed by atoms with E-state index in [-0.39, 0.29) is 0 Å². The molecule has 0 aliphatic carbocycles. The van der Waals surface area contributed by atoms with Crippen LogP contribution in [-0.4, -0.2) is 30.7 Å². The van der Waals surface area contributed by atoms with Crippen LogP contribution in [0.2, 0.25) is 0 Å². The molecule has 1 atom stereocenters. The number of rotatable bonds is 6. The first-order chi connectivity index (χ1) is 6.80. The molecular formula is C11H22F3N. The van der Waals surface area contributed by atoms with Crippen LogP contribution in [0.25, 0.3) is 0 Å². The van der Waals surface area contributed by atoms with Crippen LogP contribution in [0.1, 0.15) is 40.0 Å². The van der Waals surface area contributed by atoms with Crippen LogP contribution in [0.3, 0.4) is 0 Å². The first-order valence-corrected chi connectivity index (χ1v) is 5.57. The van der Waals surface area contributed by atoms with E-state index in [4.69, 9.17) is 0 Å². The highest BCUT2D eigenvalue weighted by Gasteiger charge is 2.43. The molecule has 0 saturated carbocycles. The Morgan fingerprint density at radius 3 is 2.00 bits per heavy atom. The van der Waals surface area contributed by atoms with Crippen LogP contribution in [0.4, 0.5) is 13.2 Å². The summed E-state index contributed by atoms with van der Waals surface area (Å²) in [6.07, 6.45) is -1.25. The van der Waals surface area contributed by atoms with Crippen molar-refractivity contribution in [2.24, 2.45) is 5.92 Å². The summed E-state index contributed by atoms with van der Waals surface area (Å²) in [5.74, 6) is -0.392. The summed E-state index contributed by atoms with van der Waals surface area (Å²) >= 11 is 0. The summed E-state index contributed by atoms with van der Waals surface area (Å²) in [5, 5.41) is 0.